The molecule has 1 rings (SSSR count). The molecule has 16 heavy (non-hydrogen) atoms. The second kappa shape index (κ2) is 5.87. The summed E-state index contributed by atoms with van der Waals surface area (Å²) in [6, 6.07) is 0. The van der Waals surface area contributed by atoms with Crippen molar-refractivity contribution in [2.24, 2.45) is 11.1 Å². The van der Waals surface area contributed by atoms with Crippen molar-refractivity contribution in [2.45, 2.75) is 44.7 Å². The molecule has 2 nitrogen and oxygen atoms in total. The van der Waals surface area contributed by atoms with Crippen LogP contribution < -0.4 is 11.1 Å². The van der Waals surface area contributed by atoms with Gasteiger partial charge in [-0.3, -0.25) is 0 Å². The Balaban J connectivity index is 2.23. The summed E-state index contributed by atoms with van der Waals surface area (Å²) < 4.78 is 35.7. The lowest BCUT2D eigenvalue weighted by Crippen LogP contribution is -2.37. The third-order valence-corrected chi connectivity index (χ3v) is 3.50. The van der Waals surface area contributed by atoms with Crippen molar-refractivity contribution in [3.63, 3.8) is 0 Å². The van der Waals surface area contributed by atoms with Gasteiger partial charge in [0.15, 0.2) is 0 Å². The molecule has 96 valence electrons. The SMILES string of the molecule is NCC1(CCNCC(F)(F)F)CCCCC1. The van der Waals surface area contributed by atoms with Gasteiger partial charge in [-0.15, -0.1) is 0 Å². The van der Waals surface area contributed by atoms with E-state index < -0.39 is 12.7 Å². The second-order valence-corrected chi connectivity index (χ2v) is 4.81. The largest absolute Gasteiger partial charge is 0.401 e. The van der Waals surface area contributed by atoms with Gasteiger partial charge in [0.1, 0.15) is 0 Å². The van der Waals surface area contributed by atoms with Gasteiger partial charge in [-0.1, -0.05) is 19.3 Å². The number of nitrogens with two attached hydrogens (primary N) is 1. The molecule has 1 aliphatic rings. The van der Waals surface area contributed by atoms with Crippen LogP contribution in [0.3, 0.4) is 0 Å². The predicted octanol–water partition coefficient (Wildman–Crippen LogP) is 2.44. The normalized spacial score (nSPS) is 21.0. The summed E-state index contributed by atoms with van der Waals surface area (Å²) in [5.74, 6) is 0. The molecule has 0 aliphatic heterocycles. The summed E-state index contributed by atoms with van der Waals surface area (Å²) in [4.78, 5) is 0. The molecule has 0 atom stereocenters. The minimum absolute atomic E-state index is 0.0941. The third-order valence-electron chi connectivity index (χ3n) is 3.50. The van der Waals surface area contributed by atoms with E-state index in [-0.39, 0.29) is 5.41 Å². The number of hydrogen-bond acceptors (Lipinski definition) is 2. The number of rotatable bonds is 5. The first kappa shape index (κ1) is 13.8. The standard InChI is InChI=1S/C11H21F3N2/c12-11(13,14)9-16-7-6-10(8-15)4-2-1-3-5-10/h16H,1-9,15H2. The van der Waals surface area contributed by atoms with Gasteiger partial charge in [0.05, 0.1) is 6.54 Å². The molecular formula is C11H21F3N2. The fourth-order valence-electron chi connectivity index (χ4n) is 2.44. The van der Waals surface area contributed by atoms with Gasteiger partial charge in [0, 0.05) is 0 Å². The summed E-state index contributed by atoms with van der Waals surface area (Å²) in [6.07, 6.45) is 2.35. The Morgan fingerprint density at radius 3 is 2.25 bits per heavy atom. The maximum absolute atomic E-state index is 11.9. The van der Waals surface area contributed by atoms with Gasteiger partial charge in [-0.05, 0) is 37.8 Å². The molecule has 0 aromatic carbocycles. The number of alkyl halides is 3. The first-order chi connectivity index (χ1) is 7.47. The zero-order valence-corrected chi connectivity index (χ0v) is 9.58. The Hall–Kier alpha value is -0.290. The average Bonchev–Trinajstić information content (AvgIpc) is 2.25. The van der Waals surface area contributed by atoms with Crippen LogP contribution in [0.25, 0.3) is 0 Å². The summed E-state index contributed by atoms with van der Waals surface area (Å²) in [5, 5.41) is 2.45. The molecular weight excluding hydrogens is 217 g/mol. The van der Waals surface area contributed by atoms with Crippen LogP contribution in [-0.4, -0.2) is 25.8 Å². The molecule has 0 heterocycles. The van der Waals surface area contributed by atoms with Crippen molar-refractivity contribution in [3.05, 3.63) is 0 Å². The Morgan fingerprint density at radius 1 is 1.12 bits per heavy atom. The van der Waals surface area contributed by atoms with Gasteiger partial charge in [-0.2, -0.15) is 13.2 Å². The van der Waals surface area contributed by atoms with Crippen LogP contribution in [-0.2, 0) is 0 Å². The molecule has 1 saturated carbocycles. The maximum Gasteiger partial charge on any atom is 0.401 e. The van der Waals surface area contributed by atoms with E-state index in [9.17, 15) is 13.2 Å². The van der Waals surface area contributed by atoms with Crippen LogP contribution in [0.2, 0.25) is 0 Å². The van der Waals surface area contributed by atoms with E-state index in [1.165, 1.54) is 6.42 Å². The quantitative estimate of drug-likeness (QED) is 0.722. The topological polar surface area (TPSA) is 38.0 Å². The van der Waals surface area contributed by atoms with Gasteiger partial charge in [0.2, 0.25) is 0 Å². The van der Waals surface area contributed by atoms with Gasteiger partial charge in [0.25, 0.3) is 0 Å². The van der Waals surface area contributed by atoms with Crippen molar-refractivity contribution in [2.75, 3.05) is 19.6 Å². The average molecular weight is 238 g/mol. The maximum atomic E-state index is 11.9. The Bertz CT molecular complexity index is 198. The highest BCUT2D eigenvalue weighted by molar-refractivity contribution is 4.84. The summed E-state index contributed by atoms with van der Waals surface area (Å²) in [7, 11) is 0. The van der Waals surface area contributed by atoms with E-state index in [1.807, 2.05) is 0 Å². The predicted molar refractivity (Wildman–Crippen MR) is 58.1 cm³/mol. The minimum Gasteiger partial charge on any atom is -0.330 e. The van der Waals surface area contributed by atoms with Crippen molar-refractivity contribution < 1.29 is 13.2 Å². The molecule has 0 aromatic heterocycles. The van der Waals surface area contributed by atoms with E-state index in [0.717, 1.165) is 32.1 Å². The van der Waals surface area contributed by atoms with Crippen molar-refractivity contribution in [3.8, 4) is 0 Å². The molecule has 5 heteroatoms. The molecule has 0 aromatic rings. The van der Waals surface area contributed by atoms with E-state index in [2.05, 4.69) is 5.32 Å². The second-order valence-electron chi connectivity index (χ2n) is 4.81. The smallest absolute Gasteiger partial charge is 0.330 e. The van der Waals surface area contributed by atoms with Crippen molar-refractivity contribution in [1.29, 1.82) is 0 Å². The minimum atomic E-state index is -4.11. The molecule has 0 unspecified atom stereocenters. The Kier molecular flexibility index (Phi) is 5.05. The third kappa shape index (κ3) is 4.70. The van der Waals surface area contributed by atoms with Crippen LogP contribution >= 0.6 is 0 Å². The highest BCUT2D eigenvalue weighted by atomic mass is 19.4. The van der Waals surface area contributed by atoms with Crippen LogP contribution in [0, 0.1) is 5.41 Å². The molecule has 1 fully saturated rings. The highest BCUT2D eigenvalue weighted by Crippen LogP contribution is 2.37. The fraction of sp³-hybridized carbons (Fsp3) is 1.00. The van der Waals surface area contributed by atoms with Crippen LogP contribution in [0.15, 0.2) is 0 Å². The molecule has 1 aliphatic carbocycles. The first-order valence-electron chi connectivity index (χ1n) is 5.95. The first-order valence-corrected chi connectivity index (χ1v) is 5.95. The lowest BCUT2D eigenvalue weighted by molar-refractivity contribution is -0.125. The lowest BCUT2D eigenvalue weighted by Gasteiger charge is -2.36. The zero-order chi connectivity index (χ0) is 12.1. The summed E-state index contributed by atoms with van der Waals surface area (Å²) in [5.41, 5.74) is 5.85. The summed E-state index contributed by atoms with van der Waals surface area (Å²) >= 11 is 0. The molecule has 0 saturated heterocycles. The Labute approximate surface area is 94.8 Å². The van der Waals surface area contributed by atoms with Crippen LogP contribution in [0.4, 0.5) is 13.2 Å². The van der Waals surface area contributed by atoms with Crippen molar-refractivity contribution in [1.82, 2.24) is 5.32 Å². The monoisotopic (exact) mass is 238 g/mol. The number of halogens is 3. The highest BCUT2D eigenvalue weighted by Gasteiger charge is 2.31. The van der Waals surface area contributed by atoms with Crippen LogP contribution in [0.5, 0.6) is 0 Å². The zero-order valence-electron chi connectivity index (χ0n) is 9.58. The Morgan fingerprint density at radius 2 is 1.75 bits per heavy atom. The van der Waals surface area contributed by atoms with Crippen LogP contribution in [0.1, 0.15) is 38.5 Å². The molecule has 0 amide bonds. The van der Waals surface area contributed by atoms with E-state index in [4.69, 9.17) is 5.73 Å². The number of nitrogens with one attached hydrogen (secondary N) is 1. The lowest BCUT2D eigenvalue weighted by atomic mass is 9.72. The van der Waals surface area contributed by atoms with E-state index in [1.54, 1.807) is 0 Å². The van der Waals surface area contributed by atoms with E-state index >= 15 is 0 Å². The van der Waals surface area contributed by atoms with Gasteiger partial charge in [-0.25, -0.2) is 0 Å². The molecule has 0 spiro atoms. The number of hydrogen-bond donors (Lipinski definition) is 2. The summed E-state index contributed by atoms with van der Waals surface area (Å²) in [6.45, 7) is 0.116. The van der Waals surface area contributed by atoms with Gasteiger partial charge >= 0.3 is 6.18 Å². The molecule has 0 radical (unpaired) electrons. The van der Waals surface area contributed by atoms with Crippen molar-refractivity contribution >= 4 is 0 Å². The molecule has 3 N–H and O–H groups in total. The molecule has 0 bridgehead atoms. The van der Waals surface area contributed by atoms with Gasteiger partial charge < -0.3 is 11.1 Å². The fourth-order valence-corrected chi connectivity index (χ4v) is 2.44. The van der Waals surface area contributed by atoms with E-state index in [0.29, 0.717) is 13.1 Å².